The molecule has 0 bridgehead atoms. The number of para-hydroxylation sites is 1. The first kappa shape index (κ1) is 20.4. The Kier molecular flexibility index (Phi) is 6.15. The normalized spacial score (nSPS) is 11.5. The molecule has 6 nitrogen and oxygen atoms in total. The van der Waals surface area contributed by atoms with Crippen molar-refractivity contribution < 1.29 is 14.3 Å². The van der Waals surface area contributed by atoms with Crippen molar-refractivity contribution in [2.75, 3.05) is 5.32 Å². The van der Waals surface area contributed by atoms with Crippen LogP contribution in [-0.2, 0) is 16.1 Å². The second-order valence-electron chi connectivity index (χ2n) is 6.64. The van der Waals surface area contributed by atoms with Gasteiger partial charge in [0.25, 0.3) is 5.91 Å². The fraction of sp³-hybridized carbons (Fsp3) is 0.227. The first-order valence-electron chi connectivity index (χ1n) is 9.10. The van der Waals surface area contributed by atoms with Crippen molar-refractivity contribution in [2.45, 2.75) is 33.4 Å². The molecule has 0 aliphatic carbocycles. The lowest BCUT2D eigenvalue weighted by molar-refractivity contribution is -0.123. The Morgan fingerprint density at radius 2 is 2.00 bits per heavy atom. The molecule has 1 aromatic carbocycles. The van der Waals surface area contributed by atoms with Crippen molar-refractivity contribution in [3.63, 3.8) is 0 Å². The molecule has 148 valence electrons. The van der Waals surface area contributed by atoms with Crippen LogP contribution in [0, 0.1) is 25.2 Å². The Morgan fingerprint density at radius 1 is 1.24 bits per heavy atom. The summed E-state index contributed by atoms with van der Waals surface area (Å²) in [6.07, 6.45) is -1.00. The number of thiophene rings is 1. The zero-order chi connectivity index (χ0) is 21.0. The SMILES string of the molecule is Cc1cc(C(=O)O[C@H](C)C(=O)Nc2ccccc2C#N)c(C)n1Cc1cccs1. The minimum absolute atomic E-state index is 0.344. The summed E-state index contributed by atoms with van der Waals surface area (Å²) in [4.78, 5) is 26.3. The van der Waals surface area contributed by atoms with Crippen LogP contribution in [-0.4, -0.2) is 22.5 Å². The van der Waals surface area contributed by atoms with Crippen LogP contribution in [0.3, 0.4) is 0 Å². The number of benzene rings is 1. The van der Waals surface area contributed by atoms with Gasteiger partial charge in [0.05, 0.1) is 23.4 Å². The zero-order valence-electron chi connectivity index (χ0n) is 16.4. The molecule has 1 N–H and O–H groups in total. The highest BCUT2D eigenvalue weighted by molar-refractivity contribution is 7.09. The van der Waals surface area contributed by atoms with E-state index in [-0.39, 0.29) is 0 Å². The third kappa shape index (κ3) is 4.55. The number of amides is 1. The number of carbonyl (C=O) groups excluding carboxylic acids is 2. The highest BCUT2D eigenvalue weighted by Crippen LogP contribution is 2.21. The van der Waals surface area contributed by atoms with E-state index in [9.17, 15) is 9.59 Å². The van der Waals surface area contributed by atoms with E-state index >= 15 is 0 Å². The summed E-state index contributed by atoms with van der Waals surface area (Å²) < 4.78 is 7.44. The van der Waals surface area contributed by atoms with Gasteiger partial charge in [-0.3, -0.25) is 4.79 Å². The van der Waals surface area contributed by atoms with Gasteiger partial charge in [0, 0.05) is 16.3 Å². The lowest BCUT2D eigenvalue weighted by Crippen LogP contribution is -2.30. The van der Waals surface area contributed by atoms with Crippen LogP contribution in [0.25, 0.3) is 0 Å². The van der Waals surface area contributed by atoms with E-state index in [1.54, 1.807) is 41.7 Å². The van der Waals surface area contributed by atoms with Crippen molar-refractivity contribution in [1.29, 1.82) is 5.26 Å². The summed E-state index contributed by atoms with van der Waals surface area (Å²) in [5.74, 6) is -1.04. The van der Waals surface area contributed by atoms with Gasteiger partial charge in [-0.2, -0.15) is 5.26 Å². The average molecular weight is 407 g/mol. The van der Waals surface area contributed by atoms with E-state index in [2.05, 4.69) is 9.88 Å². The van der Waals surface area contributed by atoms with Crippen LogP contribution in [0.1, 0.15) is 39.1 Å². The Balaban J connectivity index is 1.69. The molecule has 2 heterocycles. The Labute approximate surface area is 173 Å². The largest absolute Gasteiger partial charge is 0.449 e. The molecule has 0 radical (unpaired) electrons. The molecule has 1 amide bonds. The van der Waals surface area contributed by atoms with Crippen molar-refractivity contribution in [3.05, 3.63) is 75.2 Å². The quantitative estimate of drug-likeness (QED) is 0.619. The number of nitrogens with zero attached hydrogens (tertiary/aromatic N) is 2. The number of anilines is 1. The summed E-state index contributed by atoms with van der Waals surface area (Å²) in [7, 11) is 0. The van der Waals surface area contributed by atoms with Crippen molar-refractivity contribution in [2.24, 2.45) is 0 Å². The maximum absolute atomic E-state index is 12.7. The number of nitriles is 1. The highest BCUT2D eigenvalue weighted by atomic mass is 32.1. The van der Waals surface area contributed by atoms with E-state index in [0.717, 1.165) is 11.4 Å². The summed E-state index contributed by atoms with van der Waals surface area (Å²) in [5, 5.41) is 13.8. The Morgan fingerprint density at radius 3 is 2.69 bits per heavy atom. The fourth-order valence-electron chi connectivity index (χ4n) is 3.01. The van der Waals surface area contributed by atoms with Gasteiger partial charge in [0.2, 0.25) is 0 Å². The van der Waals surface area contributed by atoms with Crippen LogP contribution >= 0.6 is 11.3 Å². The molecule has 7 heteroatoms. The first-order valence-corrected chi connectivity index (χ1v) is 9.98. The van der Waals surface area contributed by atoms with Crippen LogP contribution in [0.5, 0.6) is 0 Å². The molecule has 0 unspecified atom stereocenters. The zero-order valence-corrected chi connectivity index (χ0v) is 17.2. The van der Waals surface area contributed by atoms with E-state index in [1.807, 2.05) is 37.4 Å². The van der Waals surface area contributed by atoms with E-state index in [4.69, 9.17) is 10.00 Å². The number of nitrogens with one attached hydrogen (secondary N) is 1. The van der Waals surface area contributed by atoms with E-state index in [1.165, 1.54) is 11.8 Å². The van der Waals surface area contributed by atoms with Gasteiger partial charge in [-0.1, -0.05) is 18.2 Å². The number of carbonyl (C=O) groups is 2. The smallest absolute Gasteiger partial charge is 0.340 e. The molecule has 29 heavy (non-hydrogen) atoms. The molecule has 0 fully saturated rings. The van der Waals surface area contributed by atoms with Gasteiger partial charge in [0.15, 0.2) is 6.10 Å². The van der Waals surface area contributed by atoms with Crippen molar-refractivity contribution in [1.82, 2.24) is 4.57 Å². The summed E-state index contributed by atoms with van der Waals surface area (Å²) in [6, 6.07) is 14.5. The topological polar surface area (TPSA) is 84.1 Å². The van der Waals surface area contributed by atoms with Crippen LogP contribution < -0.4 is 5.32 Å². The van der Waals surface area contributed by atoms with E-state index in [0.29, 0.717) is 23.4 Å². The number of esters is 1. The molecule has 0 aliphatic rings. The van der Waals surface area contributed by atoms with E-state index < -0.39 is 18.0 Å². The second kappa shape index (κ2) is 8.76. The number of ether oxygens (including phenoxy) is 1. The standard InChI is InChI=1S/C22H21N3O3S/c1-14-11-19(15(2)25(14)13-18-8-6-10-29-18)22(27)28-16(3)21(26)24-20-9-5-4-7-17(20)12-23/h4-11,16H,13H2,1-3H3,(H,24,26)/t16-/m1/s1. The number of hydrogen-bond donors (Lipinski definition) is 1. The molecular formula is C22H21N3O3S. The molecular weight excluding hydrogens is 386 g/mol. The summed E-state index contributed by atoms with van der Waals surface area (Å²) >= 11 is 1.66. The fourth-order valence-corrected chi connectivity index (χ4v) is 3.70. The predicted molar refractivity (Wildman–Crippen MR) is 112 cm³/mol. The van der Waals surface area contributed by atoms with Crippen LogP contribution in [0.4, 0.5) is 5.69 Å². The van der Waals surface area contributed by atoms with Crippen molar-refractivity contribution in [3.8, 4) is 6.07 Å². The third-order valence-corrected chi connectivity index (χ3v) is 5.51. The number of aromatic nitrogens is 1. The minimum atomic E-state index is -1.00. The number of aryl methyl sites for hydroxylation is 1. The maximum atomic E-state index is 12.7. The lowest BCUT2D eigenvalue weighted by atomic mass is 10.2. The van der Waals surface area contributed by atoms with Gasteiger partial charge < -0.3 is 14.6 Å². The van der Waals surface area contributed by atoms with Crippen molar-refractivity contribution >= 4 is 28.9 Å². The molecule has 3 rings (SSSR count). The molecule has 0 spiro atoms. The highest BCUT2D eigenvalue weighted by Gasteiger charge is 2.23. The lowest BCUT2D eigenvalue weighted by Gasteiger charge is -2.14. The third-order valence-electron chi connectivity index (χ3n) is 4.65. The molecule has 0 saturated heterocycles. The van der Waals surface area contributed by atoms with Gasteiger partial charge in [-0.05, 0) is 50.4 Å². The van der Waals surface area contributed by atoms with Crippen LogP contribution in [0.15, 0.2) is 47.8 Å². The molecule has 0 aliphatic heterocycles. The van der Waals surface area contributed by atoms with Gasteiger partial charge in [-0.25, -0.2) is 4.79 Å². The Hall–Kier alpha value is -3.37. The molecule has 1 atom stereocenters. The molecule has 3 aromatic rings. The minimum Gasteiger partial charge on any atom is -0.449 e. The predicted octanol–water partition coefficient (Wildman–Crippen LogP) is 4.27. The second-order valence-corrected chi connectivity index (χ2v) is 7.68. The monoisotopic (exact) mass is 407 g/mol. The van der Waals surface area contributed by atoms with Gasteiger partial charge in [0.1, 0.15) is 6.07 Å². The Bertz CT molecular complexity index is 1080. The molecule has 0 saturated carbocycles. The summed E-state index contributed by atoms with van der Waals surface area (Å²) in [5.41, 5.74) is 2.91. The first-order chi connectivity index (χ1) is 13.9. The molecule has 2 aromatic heterocycles. The van der Waals surface area contributed by atoms with Gasteiger partial charge in [-0.15, -0.1) is 11.3 Å². The number of rotatable bonds is 6. The summed E-state index contributed by atoms with van der Waals surface area (Å²) in [6.45, 7) is 5.99. The maximum Gasteiger partial charge on any atom is 0.340 e. The van der Waals surface area contributed by atoms with Gasteiger partial charge >= 0.3 is 5.97 Å². The average Bonchev–Trinajstić information content (AvgIpc) is 3.32. The van der Waals surface area contributed by atoms with Crippen LogP contribution in [0.2, 0.25) is 0 Å². The number of hydrogen-bond acceptors (Lipinski definition) is 5.